The zero-order chi connectivity index (χ0) is 11.5. The first-order chi connectivity index (χ1) is 7.66. The number of halogens is 2. The van der Waals surface area contributed by atoms with Crippen LogP contribution in [0.15, 0.2) is 36.5 Å². The van der Waals surface area contributed by atoms with Crippen LogP contribution in [-0.2, 0) is 0 Å². The Kier molecular flexibility index (Phi) is 2.68. The number of rotatable bonds is 2. The van der Waals surface area contributed by atoms with Crippen LogP contribution in [-0.4, -0.2) is 4.98 Å². The minimum Gasteiger partial charge on any atom is -0.399 e. The molecule has 0 aliphatic carbocycles. The molecule has 0 aliphatic rings. The van der Waals surface area contributed by atoms with Gasteiger partial charge in [-0.25, -0.2) is 13.8 Å². The van der Waals surface area contributed by atoms with Gasteiger partial charge in [0.1, 0.15) is 5.82 Å². The van der Waals surface area contributed by atoms with Gasteiger partial charge in [-0.05, 0) is 18.2 Å². The summed E-state index contributed by atoms with van der Waals surface area (Å²) in [6, 6.07) is 7.01. The lowest BCUT2D eigenvalue weighted by Gasteiger charge is -2.07. The lowest BCUT2D eigenvalue weighted by atomic mass is 10.3. The number of anilines is 3. The molecule has 16 heavy (non-hydrogen) atoms. The van der Waals surface area contributed by atoms with Crippen LogP contribution in [0.1, 0.15) is 0 Å². The molecule has 0 saturated heterocycles. The first kappa shape index (κ1) is 10.4. The normalized spacial score (nSPS) is 10.1. The zero-order valence-corrected chi connectivity index (χ0v) is 8.24. The summed E-state index contributed by atoms with van der Waals surface area (Å²) in [6.07, 6.45) is 1.48. The van der Waals surface area contributed by atoms with E-state index in [9.17, 15) is 8.78 Å². The Balaban J connectivity index is 2.31. The van der Waals surface area contributed by atoms with Crippen LogP contribution < -0.4 is 11.1 Å². The molecule has 5 heteroatoms. The fourth-order valence-corrected chi connectivity index (χ4v) is 1.25. The van der Waals surface area contributed by atoms with Crippen molar-refractivity contribution in [3.05, 3.63) is 48.2 Å². The molecule has 0 spiro atoms. The smallest absolute Gasteiger partial charge is 0.182 e. The van der Waals surface area contributed by atoms with Crippen molar-refractivity contribution in [3.8, 4) is 0 Å². The number of hydrogen-bond donors (Lipinski definition) is 2. The number of nitrogens with one attached hydrogen (secondary N) is 1. The highest BCUT2D eigenvalue weighted by atomic mass is 19.2. The SMILES string of the molecule is Nc1ccnc(Nc2cccc(F)c2F)c1. The molecular formula is C11H9F2N3. The second-order valence-electron chi connectivity index (χ2n) is 3.20. The number of hydrogen-bond acceptors (Lipinski definition) is 3. The maximum Gasteiger partial charge on any atom is 0.182 e. The molecule has 2 rings (SSSR count). The summed E-state index contributed by atoms with van der Waals surface area (Å²) in [5.74, 6) is -1.48. The van der Waals surface area contributed by atoms with Crippen LogP contribution in [0.25, 0.3) is 0 Å². The number of benzene rings is 1. The van der Waals surface area contributed by atoms with Crippen LogP contribution in [0.2, 0.25) is 0 Å². The highest BCUT2D eigenvalue weighted by Crippen LogP contribution is 2.21. The molecule has 0 aliphatic heterocycles. The molecule has 1 heterocycles. The second-order valence-corrected chi connectivity index (χ2v) is 3.20. The van der Waals surface area contributed by atoms with Crippen molar-refractivity contribution in [2.24, 2.45) is 0 Å². The third kappa shape index (κ3) is 2.08. The Labute approximate surface area is 90.9 Å². The summed E-state index contributed by atoms with van der Waals surface area (Å²) < 4.78 is 26.2. The van der Waals surface area contributed by atoms with Crippen molar-refractivity contribution in [1.29, 1.82) is 0 Å². The van der Waals surface area contributed by atoms with Gasteiger partial charge in [-0.2, -0.15) is 0 Å². The molecule has 0 saturated carbocycles. The molecule has 0 fully saturated rings. The number of nitrogen functional groups attached to an aromatic ring is 1. The zero-order valence-electron chi connectivity index (χ0n) is 8.24. The van der Waals surface area contributed by atoms with Crippen LogP contribution in [0, 0.1) is 11.6 Å². The minimum atomic E-state index is -0.938. The van der Waals surface area contributed by atoms with Crippen LogP contribution >= 0.6 is 0 Å². The molecule has 3 N–H and O–H groups in total. The van der Waals surface area contributed by atoms with Crippen molar-refractivity contribution >= 4 is 17.2 Å². The van der Waals surface area contributed by atoms with Gasteiger partial charge in [0.15, 0.2) is 11.6 Å². The van der Waals surface area contributed by atoms with E-state index in [-0.39, 0.29) is 5.69 Å². The monoisotopic (exact) mass is 221 g/mol. The van der Waals surface area contributed by atoms with Gasteiger partial charge in [0.25, 0.3) is 0 Å². The van der Waals surface area contributed by atoms with Gasteiger partial charge in [-0.15, -0.1) is 0 Å². The largest absolute Gasteiger partial charge is 0.399 e. The quantitative estimate of drug-likeness (QED) is 0.819. The molecule has 82 valence electrons. The van der Waals surface area contributed by atoms with Crippen molar-refractivity contribution in [3.63, 3.8) is 0 Å². The van der Waals surface area contributed by atoms with Gasteiger partial charge in [0.05, 0.1) is 5.69 Å². The minimum absolute atomic E-state index is 0.0260. The Morgan fingerprint density at radius 2 is 2.00 bits per heavy atom. The van der Waals surface area contributed by atoms with Gasteiger partial charge in [-0.1, -0.05) is 6.07 Å². The molecular weight excluding hydrogens is 212 g/mol. The molecule has 1 aromatic carbocycles. The summed E-state index contributed by atoms with van der Waals surface area (Å²) in [6.45, 7) is 0. The van der Waals surface area contributed by atoms with Gasteiger partial charge in [-0.3, -0.25) is 0 Å². The summed E-state index contributed by atoms with van der Waals surface area (Å²) in [7, 11) is 0. The molecule has 0 radical (unpaired) electrons. The first-order valence-electron chi connectivity index (χ1n) is 4.59. The lowest BCUT2D eigenvalue weighted by molar-refractivity contribution is 0.511. The average molecular weight is 221 g/mol. The van der Waals surface area contributed by atoms with Crippen LogP contribution in [0.3, 0.4) is 0 Å². The molecule has 1 aromatic heterocycles. The summed E-state index contributed by atoms with van der Waals surface area (Å²) >= 11 is 0. The summed E-state index contributed by atoms with van der Waals surface area (Å²) in [5.41, 5.74) is 6.05. The molecule has 0 amide bonds. The van der Waals surface area contributed by atoms with E-state index < -0.39 is 11.6 Å². The third-order valence-electron chi connectivity index (χ3n) is 2.00. The van der Waals surface area contributed by atoms with Crippen molar-refractivity contribution in [2.45, 2.75) is 0 Å². The topological polar surface area (TPSA) is 50.9 Å². The first-order valence-corrected chi connectivity index (χ1v) is 4.59. The number of nitrogens with zero attached hydrogens (tertiary/aromatic N) is 1. The van der Waals surface area contributed by atoms with E-state index in [1.165, 1.54) is 24.4 Å². The molecule has 3 nitrogen and oxygen atoms in total. The van der Waals surface area contributed by atoms with Gasteiger partial charge in [0, 0.05) is 18.0 Å². The maximum absolute atomic E-state index is 13.3. The van der Waals surface area contributed by atoms with Crippen molar-refractivity contribution in [1.82, 2.24) is 4.98 Å². The Morgan fingerprint density at radius 3 is 2.75 bits per heavy atom. The lowest BCUT2D eigenvalue weighted by Crippen LogP contribution is -1.98. The molecule has 2 aromatic rings. The Morgan fingerprint density at radius 1 is 1.19 bits per heavy atom. The number of pyridine rings is 1. The molecule has 0 atom stereocenters. The molecule has 0 bridgehead atoms. The highest BCUT2D eigenvalue weighted by Gasteiger charge is 2.07. The summed E-state index contributed by atoms with van der Waals surface area (Å²) in [5, 5.41) is 2.65. The number of nitrogens with two attached hydrogens (primary N) is 1. The number of aromatic nitrogens is 1. The van der Waals surface area contributed by atoms with Crippen LogP contribution in [0.5, 0.6) is 0 Å². The predicted molar refractivity (Wildman–Crippen MR) is 58.3 cm³/mol. The third-order valence-corrected chi connectivity index (χ3v) is 2.00. The van der Waals surface area contributed by atoms with E-state index in [1.807, 2.05) is 0 Å². The van der Waals surface area contributed by atoms with Gasteiger partial charge in [0.2, 0.25) is 0 Å². The van der Waals surface area contributed by atoms with Crippen molar-refractivity contribution in [2.75, 3.05) is 11.1 Å². The fraction of sp³-hybridized carbons (Fsp3) is 0. The Hall–Kier alpha value is -2.17. The van der Waals surface area contributed by atoms with E-state index in [2.05, 4.69) is 10.3 Å². The van der Waals surface area contributed by atoms with Gasteiger partial charge >= 0.3 is 0 Å². The Bertz CT molecular complexity index is 514. The fourth-order valence-electron chi connectivity index (χ4n) is 1.25. The van der Waals surface area contributed by atoms with E-state index in [4.69, 9.17) is 5.73 Å². The van der Waals surface area contributed by atoms with E-state index >= 15 is 0 Å². The van der Waals surface area contributed by atoms with E-state index in [1.54, 1.807) is 6.07 Å². The maximum atomic E-state index is 13.3. The second kappa shape index (κ2) is 4.14. The van der Waals surface area contributed by atoms with Gasteiger partial charge < -0.3 is 11.1 Å². The average Bonchev–Trinajstić information content (AvgIpc) is 2.25. The predicted octanol–water partition coefficient (Wildman–Crippen LogP) is 2.69. The van der Waals surface area contributed by atoms with Crippen LogP contribution in [0.4, 0.5) is 26.0 Å². The van der Waals surface area contributed by atoms with E-state index in [0.29, 0.717) is 11.5 Å². The standard InChI is InChI=1S/C11H9F2N3/c12-8-2-1-3-9(11(8)13)16-10-6-7(14)4-5-15-10/h1-6H,(H3,14,15,16). The summed E-state index contributed by atoms with van der Waals surface area (Å²) in [4.78, 5) is 3.93. The van der Waals surface area contributed by atoms with Crippen molar-refractivity contribution < 1.29 is 8.78 Å². The molecule has 0 unspecified atom stereocenters. The van der Waals surface area contributed by atoms with E-state index in [0.717, 1.165) is 6.07 Å². The highest BCUT2D eigenvalue weighted by molar-refractivity contribution is 5.60.